The van der Waals surface area contributed by atoms with E-state index in [0.717, 1.165) is 44.9 Å². The topological polar surface area (TPSA) is 143 Å². The van der Waals surface area contributed by atoms with Gasteiger partial charge in [-0.1, -0.05) is 64.9 Å². The smallest absolute Gasteiger partial charge is 0.408 e. The predicted octanol–water partition coefficient (Wildman–Crippen LogP) is 3.61. The van der Waals surface area contributed by atoms with E-state index in [4.69, 9.17) is 9.47 Å². The van der Waals surface area contributed by atoms with Crippen LogP contribution in [0.1, 0.15) is 99.3 Å². The van der Waals surface area contributed by atoms with Crippen molar-refractivity contribution in [2.45, 2.75) is 129 Å². The van der Waals surface area contributed by atoms with Crippen LogP contribution in [0.5, 0.6) is 0 Å². The first-order chi connectivity index (χ1) is 20.2. The zero-order valence-corrected chi connectivity index (χ0v) is 26.8. The lowest BCUT2D eigenvalue weighted by Crippen LogP contribution is -2.59. The van der Waals surface area contributed by atoms with Gasteiger partial charge < -0.3 is 30.3 Å². The molecule has 11 nitrogen and oxygen atoms in total. The number of carbonyl (C=O) groups excluding carboxylic acids is 5. The van der Waals surface area contributed by atoms with E-state index in [0.29, 0.717) is 19.4 Å². The van der Waals surface area contributed by atoms with Gasteiger partial charge in [0.15, 0.2) is 6.10 Å². The molecule has 0 aromatic rings. The molecule has 1 saturated carbocycles. The minimum Gasteiger partial charge on any atom is -0.450 e. The Kier molecular flexibility index (Phi) is 11.7. The fraction of sp³-hybridized carbons (Fsp3) is 0.781. The lowest BCUT2D eigenvalue weighted by Gasteiger charge is -2.35. The molecule has 1 aliphatic carbocycles. The quantitative estimate of drug-likeness (QED) is 0.311. The van der Waals surface area contributed by atoms with Gasteiger partial charge in [0.1, 0.15) is 17.7 Å². The maximum atomic E-state index is 14.1. The van der Waals surface area contributed by atoms with Crippen molar-refractivity contribution >= 4 is 29.8 Å². The molecule has 2 saturated heterocycles. The summed E-state index contributed by atoms with van der Waals surface area (Å²) in [5, 5.41) is 8.50. The number of alkyl carbamates (subject to hydrolysis) is 1. The molecular weight excluding hydrogens is 552 g/mol. The van der Waals surface area contributed by atoms with Gasteiger partial charge in [0.2, 0.25) is 11.8 Å². The molecule has 6 atom stereocenters. The zero-order chi connectivity index (χ0) is 31.9. The van der Waals surface area contributed by atoms with Crippen molar-refractivity contribution in [1.82, 2.24) is 20.9 Å². The number of nitrogens with one attached hydrogen (secondary N) is 3. The predicted molar refractivity (Wildman–Crippen MR) is 162 cm³/mol. The van der Waals surface area contributed by atoms with Crippen molar-refractivity contribution in [3.8, 4) is 0 Å². The van der Waals surface area contributed by atoms with Crippen LogP contribution in [0.15, 0.2) is 12.7 Å². The van der Waals surface area contributed by atoms with Crippen molar-refractivity contribution in [2.24, 2.45) is 17.3 Å². The summed E-state index contributed by atoms with van der Waals surface area (Å²) in [6.07, 6.45) is 6.84. The number of piperidine rings is 1. The standard InChI is InChI=1S/C32H52N4O7/c1-8-18-33-28(39)26(42-20(2)37)22-16-14-12-10-9-11-13-15-17-23(35-30(41)43-31(3,4)5)29(40)36-19-21-24(32(21,6)7)25(36)27(38)34-22/h8,21-26H,1,9-19H2,2-7H3,(H,33,39)(H,34,38)(H,35,41)/t21-,22-,23-,24?,25-,26?/m0/s1. The van der Waals surface area contributed by atoms with Crippen LogP contribution >= 0.6 is 0 Å². The van der Waals surface area contributed by atoms with Crippen LogP contribution in [-0.2, 0) is 28.7 Å². The number of rotatable bonds is 6. The molecule has 43 heavy (non-hydrogen) atoms. The second kappa shape index (κ2) is 14.6. The minimum absolute atomic E-state index is 0.0695. The Labute approximate surface area is 256 Å². The van der Waals surface area contributed by atoms with Gasteiger partial charge in [0.25, 0.3) is 5.91 Å². The van der Waals surface area contributed by atoms with Gasteiger partial charge in [0, 0.05) is 20.0 Å². The normalized spacial score (nSPS) is 28.8. The summed E-state index contributed by atoms with van der Waals surface area (Å²) in [7, 11) is 0. The second-order valence-electron chi connectivity index (χ2n) is 13.8. The molecule has 0 radical (unpaired) electrons. The Balaban J connectivity index is 1.92. The maximum absolute atomic E-state index is 14.1. The van der Waals surface area contributed by atoms with E-state index in [-0.39, 0.29) is 35.6 Å². The highest BCUT2D eigenvalue weighted by molar-refractivity contribution is 5.93. The molecule has 0 bridgehead atoms. The first-order valence-electron chi connectivity index (χ1n) is 15.8. The van der Waals surface area contributed by atoms with Crippen molar-refractivity contribution in [2.75, 3.05) is 13.1 Å². The summed E-state index contributed by atoms with van der Waals surface area (Å²) in [4.78, 5) is 67.6. The highest BCUT2D eigenvalue weighted by atomic mass is 16.6. The molecular formula is C32H52N4O7. The molecule has 0 aromatic carbocycles. The lowest BCUT2D eigenvalue weighted by molar-refractivity contribution is -0.157. The fourth-order valence-corrected chi connectivity index (χ4v) is 6.66. The number of hydrogen-bond acceptors (Lipinski definition) is 7. The van der Waals surface area contributed by atoms with E-state index >= 15 is 0 Å². The molecule has 11 heteroatoms. The molecule has 0 spiro atoms. The number of amides is 4. The third-order valence-corrected chi connectivity index (χ3v) is 8.92. The van der Waals surface area contributed by atoms with Gasteiger partial charge in [-0.05, 0) is 50.9 Å². The first kappa shape index (κ1) is 34.4. The number of hydrogen-bond donors (Lipinski definition) is 3. The van der Waals surface area contributed by atoms with Crippen LogP contribution in [0.3, 0.4) is 0 Å². The summed E-state index contributed by atoms with van der Waals surface area (Å²) in [5.74, 6) is -1.77. The largest absolute Gasteiger partial charge is 0.450 e. The van der Waals surface area contributed by atoms with E-state index in [1.807, 2.05) is 0 Å². The van der Waals surface area contributed by atoms with E-state index in [9.17, 15) is 24.0 Å². The molecule has 3 aliphatic rings. The molecule has 2 unspecified atom stereocenters. The maximum Gasteiger partial charge on any atom is 0.408 e. The third kappa shape index (κ3) is 9.19. The molecule has 242 valence electrons. The number of fused-ring (bicyclic) bond motifs is 3. The molecule has 3 rings (SSSR count). The van der Waals surface area contributed by atoms with E-state index in [1.165, 1.54) is 13.0 Å². The van der Waals surface area contributed by atoms with Gasteiger partial charge in [0.05, 0.1) is 6.04 Å². The van der Waals surface area contributed by atoms with Gasteiger partial charge in [-0.3, -0.25) is 19.2 Å². The average Bonchev–Trinajstić information content (AvgIpc) is 3.22. The summed E-state index contributed by atoms with van der Waals surface area (Å²) in [6.45, 7) is 14.9. The van der Waals surface area contributed by atoms with Gasteiger partial charge in [-0.15, -0.1) is 6.58 Å². The number of nitrogens with zero attached hydrogens (tertiary/aromatic N) is 1. The molecule has 2 heterocycles. The van der Waals surface area contributed by atoms with E-state index in [2.05, 4.69) is 36.4 Å². The van der Waals surface area contributed by atoms with Gasteiger partial charge in [-0.2, -0.15) is 0 Å². The van der Waals surface area contributed by atoms with Crippen LogP contribution in [-0.4, -0.2) is 77.6 Å². The van der Waals surface area contributed by atoms with Crippen molar-refractivity contribution < 1.29 is 33.4 Å². The van der Waals surface area contributed by atoms with Crippen LogP contribution < -0.4 is 16.0 Å². The number of esters is 1. The Morgan fingerprint density at radius 3 is 2.26 bits per heavy atom. The van der Waals surface area contributed by atoms with Crippen molar-refractivity contribution in [3.63, 3.8) is 0 Å². The average molecular weight is 605 g/mol. The molecule has 3 fully saturated rings. The number of ether oxygens (including phenoxy) is 2. The summed E-state index contributed by atoms with van der Waals surface area (Å²) in [5.41, 5.74) is -0.863. The highest BCUT2D eigenvalue weighted by Gasteiger charge is 2.69. The lowest BCUT2D eigenvalue weighted by atomic mass is 9.96. The summed E-state index contributed by atoms with van der Waals surface area (Å²) < 4.78 is 10.9. The van der Waals surface area contributed by atoms with Crippen LogP contribution in [0.2, 0.25) is 0 Å². The Morgan fingerprint density at radius 1 is 1.07 bits per heavy atom. The van der Waals surface area contributed by atoms with Gasteiger partial charge in [-0.25, -0.2) is 4.79 Å². The van der Waals surface area contributed by atoms with Crippen molar-refractivity contribution in [1.29, 1.82) is 0 Å². The fourth-order valence-electron chi connectivity index (χ4n) is 6.66. The van der Waals surface area contributed by atoms with Crippen LogP contribution in [0, 0.1) is 17.3 Å². The Bertz CT molecular complexity index is 1050. The molecule has 4 amide bonds. The number of carbonyl (C=O) groups is 5. The molecule has 2 aliphatic heterocycles. The van der Waals surface area contributed by atoms with Crippen molar-refractivity contribution in [3.05, 3.63) is 12.7 Å². The highest BCUT2D eigenvalue weighted by Crippen LogP contribution is 2.65. The Hall–Kier alpha value is -3.11. The van der Waals surface area contributed by atoms with Gasteiger partial charge >= 0.3 is 12.1 Å². The van der Waals surface area contributed by atoms with Crippen LogP contribution in [0.25, 0.3) is 0 Å². The SMILES string of the molecule is C=CCNC(=O)C(OC(C)=O)[C@@H]1CCCCCCCCC[C@H](NC(=O)OC(C)(C)C)C(=O)N2C[C@H]3C([C@H]2C(=O)N1)C3(C)C. The monoisotopic (exact) mass is 604 g/mol. The second-order valence-corrected chi connectivity index (χ2v) is 13.8. The van der Waals surface area contributed by atoms with E-state index in [1.54, 1.807) is 25.7 Å². The summed E-state index contributed by atoms with van der Waals surface area (Å²) >= 11 is 0. The minimum atomic E-state index is -1.23. The zero-order valence-electron chi connectivity index (χ0n) is 26.8. The molecule has 0 aromatic heterocycles. The Morgan fingerprint density at radius 2 is 1.67 bits per heavy atom. The summed E-state index contributed by atoms with van der Waals surface area (Å²) in [6, 6.07) is -2.38. The third-order valence-electron chi connectivity index (χ3n) is 8.92. The molecule has 3 N–H and O–H groups in total. The van der Waals surface area contributed by atoms with E-state index < -0.39 is 47.8 Å². The van der Waals surface area contributed by atoms with Crippen LogP contribution in [0.4, 0.5) is 4.79 Å². The first-order valence-corrected chi connectivity index (χ1v) is 15.8.